The molecule has 0 aliphatic rings. The highest BCUT2D eigenvalue weighted by molar-refractivity contribution is 7.86. The van der Waals surface area contributed by atoms with Gasteiger partial charge in [-0.3, -0.25) is 19.1 Å². The van der Waals surface area contributed by atoms with Gasteiger partial charge in [-0.25, -0.2) is 4.21 Å². The van der Waals surface area contributed by atoms with Gasteiger partial charge >= 0.3 is 11.5 Å². The molecule has 12 heteroatoms. The van der Waals surface area contributed by atoms with Crippen LogP contribution >= 0.6 is 0 Å². The number of esters is 1. The number of ether oxygens (including phenoxy) is 1. The normalized spacial score (nSPS) is 14.2. The third-order valence-electron chi connectivity index (χ3n) is 2.27. The fourth-order valence-electron chi connectivity index (χ4n) is 1.33. The lowest BCUT2D eigenvalue weighted by Gasteiger charge is -2.08. The van der Waals surface area contributed by atoms with Crippen molar-refractivity contribution in [1.29, 1.82) is 0 Å². The Bertz CT molecular complexity index is 661. The zero-order valence-electron chi connectivity index (χ0n) is 10.8. The number of hydrogen-bond donors (Lipinski definition) is 0. The van der Waals surface area contributed by atoms with Gasteiger partial charge in [-0.2, -0.15) is 13.2 Å². The summed E-state index contributed by atoms with van der Waals surface area (Å²) in [6.45, 7) is 0. The van der Waals surface area contributed by atoms with E-state index < -0.39 is 59.2 Å². The molecular weight excluding hydrogens is 351 g/mol. The summed E-state index contributed by atoms with van der Waals surface area (Å²) in [5, 5.41) is 10.9. The Labute approximate surface area is 126 Å². The second-order valence-corrected chi connectivity index (χ2v) is 6.56. The van der Waals surface area contributed by atoms with Gasteiger partial charge in [0.25, 0.3) is 5.69 Å². The molecule has 0 fully saturated rings. The monoisotopic (exact) mass is 359 g/mol. The molecule has 0 bridgehead atoms. The Balaban J connectivity index is 3.27. The van der Waals surface area contributed by atoms with Crippen molar-refractivity contribution < 1.29 is 36.0 Å². The lowest BCUT2D eigenvalue weighted by Crippen LogP contribution is -2.17. The van der Waals surface area contributed by atoms with Crippen LogP contribution in [0.15, 0.2) is 28.0 Å². The Morgan fingerprint density at radius 3 is 2.41 bits per heavy atom. The molecule has 0 spiro atoms. The van der Waals surface area contributed by atoms with E-state index in [1.165, 1.54) is 0 Å². The number of carbonyl (C=O) groups is 1. The summed E-state index contributed by atoms with van der Waals surface area (Å²) >= 11 is 0. The molecule has 7 nitrogen and oxygen atoms in total. The van der Waals surface area contributed by atoms with Gasteiger partial charge < -0.3 is 4.74 Å². The van der Waals surface area contributed by atoms with Gasteiger partial charge in [0.05, 0.1) is 27.7 Å². The predicted octanol–water partition coefficient (Wildman–Crippen LogP) is 1.50. The summed E-state index contributed by atoms with van der Waals surface area (Å²) in [4.78, 5) is 19.5. The molecule has 2 atom stereocenters. The van der Waals surface area contributed by atoms with E-state index >= 15 is 0 Å². The van der Waals surface area contributed by atoms with Crippen LogP contribution in [0.5, 0.6) is 0 Å². The van der Waals surface area contributed by atoms with Crippen LogP contribution in [0.3, 0.4) is 0 Å². The first kappa shape index (κ1) is 18.2. The van der Waals surface area contributed by atoms with Gasteiger partial charge in [-0.1, -0.05) is 0 Å². The van der Waals surface area contributed by atoms with Gasteiger partial charge in [-0.15, -0.1) is 0 Å². The first-order chi connectivity index (χ1) is 10.1. The van der Waals surface area contributed by atoms with E-state index in [2.05, 4.69) is 4.74 Å². The molecule has 122 valence electrons. The first-order valence-electron chi connectivity index (χ1n) is 5.30. The third-order valence-corrected chi connectivity index (χ3v) is 4.71. The fraction of sp³-hybridized carbons (Fsp3) is 0.300. The smallest absolute Gasteiger partial charge is 0.468 e. The maximum Gasteiger partial charge on any atom is 0.475 e. The summed E-state index contributed by atoms with van der Waals surface area (Å²) in [6, 6.07) is 1.91. The summed E-state index contributed by atoms with van der Waals surface area (Å²) < 4.78 is 64.3. The van der Waals surface area contributed by atoms with Crippen LogP contribution in [0, 0.1) is 10.1 Å². The van der Waals surface area contributed by atoms with E-state index in [1.54, 1.807) is 0 Å². The average molecular weight is 359 g/mol. The van der Waals surface area contributed by atoms with Gasteiger partial charge in [-0.05, 0) is 12.1 Å². The van der Waals surface area contributed by atoms with Gasteiger partial charge in [0.1, 0.15) is 10.6 Å². The molecule has 0 saturated heterocycles. The molecule has 1 rings (SSSR count). The molecule has 0 amide bonds. The Morgan fingerprint density at radius 1 is 1.36 bits per heavy atom. The Morgan fingerprint density at radius 2 is 1.95 bits per heavy atom. The Kier molecular flexibility index (Phi) is 5.77. The number of halogens is 3. The molecule has 0 aliphatic carbocycles. The predicted molar refractivity (Wildman–Crippen MR) is 68.9 cm³/mol. The minimum absolute atomic E-state index is 0.425. The molecule has 0 aromatic heterocycles. The molecule has 0 radical (unpaired) electrons. The highest BCUT2D eigenvalue weighted by atomic mass is 32.2. The fourth-order valence-corrected chi connectivity index (χ4v) is 3.08. The molecule has 1 aromatic carbocycles. The number of nitro groups is 1. The number of hydrogen-bond acceptors (Lipinski definition) is 6. The number of rotatable bonds is 5. The number of methoxy groups -OCH3 is 1. The van der Waals surface area contributed by atoms with Crippen LogP contribution in [0.4, 0.5) is 18.9 Å². The molecular formula is C10H8F3NO6S2. The molecule has 2 unspecified atom stereocenters. The highest BCUT2D eigenvalue weighted by Crippen LogP contribution is 2.31. The van der Waals surface area contributed by atoms with E-state index in [9.17, 15) is 36.5 Å². The summed E-state index contributed by atoms with van der Waals surface area (Å²) in [5.41, 5.74) is -6.00. The second-order valence-electron chi connectivity index (χ2n) is 3.67. The van der Waals surface area contributed by atoms with Crippen molar-refractivity contribution in [3.8, 4) is 0 Å². The first-order valence-corrected chi connectivity index (χ1v) is 7.77. The van der Waals surface area contributed by atoms with Crippen LogP contribution in [0.1, 0.15) is 0 Å². The van der Waals surface area contributed by atoms with Gasteiger partial charge in [0, 0.05) is 6.07 Å². The number of nitrogens with zero attached hydrogens (tertiary/aromatic N) is 1. The van der Waals surface area contributed by atoms with E-state index in [1.807, 2.05) is 0 Å². The van der Waals surface area contributed by atoms with E-state index in [0.29, 0.717) is 12.1 Å². The number of carbonyl (C=O) groups excluding carboxylic acids is 1. The largest absolute Gasteiger partial charge is 0.475 e. The van der Waals surface area contributed by atoms with Crippen molar-refractivity contribution in [1.82, 2.24) is 0 Å². The minimum atomic E-state index is -5.08. The average Bonchev–Trinajstić information content (AvgIpc) is 2.44. The lowest BCUT2D eigenvalue weighted by atomic mass is 10.3. The molecule has 1 aromatic rings. The minimum Gasteiger partial charge on any atom is -0.468 e. The standard InChI is InChI=1S/C10H8F3NO6S2/c1-20-9(15)5-21(18)8-3-2-6(4-7(8)14(16)17)22(19)10(11,12)13/h2-4H,5H2,1H3. The summed E-state index contributed by atoms with van der Waals surface area (Å²) in [6.07, 6.45) is 0. The number of nitro benzene ring substituents is 1. The third kappa shape index (κ3) is 4.34. The second kappa shape index (κ2) is 6.96. The maximum absolute atomic E-state index is 12.4. The topological polar surface area (TPSA) is 104 Å². The van der Waals surface area contributed by atoms with Crippen LogP contribution in [-0.4, -0.2) is 37.7 Å². The molecule has 0 aliphatic heterocycles. The van der Waals surface area contributed by atoms with Gasteiger partial charge in [0.15, 0.2) is 10.8 Å². The summed E-state index contributed by atoms with van der Waals surface area (Å²) in [7, 11) is -4.62. The molecule has 0 saturated carbocycles. The van der Waals surface area contributed by atoms with Crippen LogP contribution < -0.4 is 0 Å². The van der Waals surface area contributed by atoms with Crippen LogP contribution in [0.2, 0.25) is 0 Å². The number of alkyl halides is 3. The van der Waals surface area contributed by atoms with Crippen molar-refractivity contribution in [3.63, 3.8) is 0 Å². The Hall–Kier alpha value is -1.82. The summed E-state index contributed by atoms with van der Waals surface area (Å²) in [5.74, 6) is -1.60. The van der Waals surface area contributed by atoms with Crippen molar-refractivity contribution in [2.75, 3.05) is 12.9 Å². The van der Waals surface area contributed by atoms with Gasteiger partial charge in [0.2, 0.25) is 0 Å². The van der Waals surface area contributed by atoms with Crippen LogP contribution in [-0.2, 0) is 31.1 Å². The zero-order chi connectivity index (χ0) is 17.1. The van der Waals surface area contributed by atoms with Crippen molar-refractivity contribution >= 4 is 33.3 Å². The van der Waals surface area contributed by atoms with Crippen molar-refractivity contribution in [2.24, 2.45) is 0 Å². The van der Waals surface area contributed by atoms with Crippen molar-refractivity contribution in [3.05, 3.63) is 28.3 Å². The highest BCUT2D eigenvalue weighted by Gasteiger charge is 2.39. The molecule has 22 heavy (non-hydrogen) atoms. The van der Waals surface area contributed by atoms with E-state index in [-0.39, 0.29) is 0 Å². The molecule has 0 N–H and O–H groups in total. The SMILES string of the molecule is COC(=O)CS(=O)c1ccc(S(=O)C(F)(F)F)cc1[N+](=O)[O-]. The van der Waals surface area contributed by atoms with E-state index in [0.717, 1.165) is 13.2 Å². The quantitative estimate of drug-likeness (QED) is 0.448. The number of benzene rings is 1. The molecule has 0 heterocycles. The maximum atomic E-state index is 12.4. The van der Waals surface area contributed by atoms with Crippen LogP contribution in [0.25, 0.3) is 0 Å². The zero-order valence-corrected chi connectivity index (χ0v) is 12.4. The van der Waals surface area contributed by atoms with Crippen molar-refractivity contribution in [2.45, 2.75) is 15.3 Å². The van der Waals surface area contributed by atoms with E-state index in [4.69, 9.17) is 0 Å². The lowest BCUT2D eigenvalue weighted by molar-refractivity contribution is -0.388.